The fraction of sp³-hybridized carbons (Fsp3) is 0.400. The highest BCUT2D eigenvalue weighted by Gasteiger charge is 2.37. The Morgan fingerprint density at radius 2 is 1.79 bits per heavy atom. The van der Waals surface area contributed by atoms with Gasteiger partial charge < -0.3 is 14.7 Å². The first kappa shape index (κ1) is 24.8. The van der Waals surface area contributed by atoms with Gasteiger partial charge in [0.05, 0.1) is 18.7 Å². The number of aryl methyl sites for hydroxylation is 1. The number of hydrogen-bond donors (Lipinski definition) is 2. The van der Waals surface area contributed by atoms with E-state index in [1.54, 1.807) is 18.7 Å². The van der Waals surface area contributed by atoms with Crippen molar-refractivity contribution >= 4 is 29.6 Å². The number of ether oxygens (including phenoxy) is 1. The van der Waals surface area contributed by atoms with Gasteiger partial charge in [0.25, 0.3) is 0 Å². The third-order valence-corrected chi connectivity index (χ3v) is 6.67. The minimum Gasteiger partial charge on any atom is -0.480 e. The van der Waals surface area contributed by atoms with E-state index < -0.39 is 30.6 Å². The van der Waals surface area contributed by atoms with Crippen molar-refractivity contribution in [1.82, 2.24) is 10.2 Å². The summed E-state index contributed by atoms with van der Waals surface area (Å²) in [6.45, 7) is 1.60. The standard InChI is InChI=1S/C25H30N2O5S/c1-2-32-25(31)20(14-13-18-9-5-3-6-10-18)26-21-16-33-17-22(19-11-7-4-8-12-19)27(24(21)30)15-23(28)29/h3-12,20-22,26H,2,13-17H2,1H3,(H,28,29)/t20-,21+,22+/m1/s1. The predicted octanol–water partition coefficient (Wildman–Crippen LogP) is 2.91. The molecule has 1 saturated heterocycles. The van der Waals surface area contributed by atoms with Crippen LogP contribution in [0.15, 0.2) is 60.7 Å². The molecule has 3 rings (SSSR count). The summed E-state index contributed by atoms with van der Waals surface area (Å²) in [5.74, 6) is -0.763. The van der Waals surface area contributed by atoms with Crippen LogP contribution in [0.4, 0.5) is 0 Å². The van der Waals surface area contributed by atoms with Gasteiger partial charge in [-0.25, -0.2) is 0 Å². The molecule has 2 N–H and O–H groups in total. The molecule has 1 fully saturated rings. The lowest BCUT2D eigenvalue weighted by Gasteiger charge is -2.31. The fourth-order valence-electron chi connectivity index (χ4n) is 3.93. The number of rotatable bonds is 10. The molecule has 1 amide bonds. The van der Waals surface area contributed by atoms with E-state index in [9.17, 15) is 19.5 Å². The summed E-state index contributed by atoms with van der Waals surface area (Å²) in [6.07, 6.45) is 1.12. The number of carbonyl (C=O) groups excluding carboxylic acids is 2. The van der Waals surface area contributed by atoms with E-state index in [4.69, 9.17) is 4.74 Å². The Labute approximate surface area is 198 Å². The second kappa shape index (κ2) is 12.4. The van der Waals surface area contributed by atoms with Crippen LogP contribution >= 0.6 is 11.8 Å². The van der Waals surface area contributed by atoms with Crippen LogP contribution in [-0.4, -0.2) is 64.6 Å². The van der Waals surface area contributed by atoms with Gasteiger partial charge >= 0.3 is 11.9 Å². The van der Waals surface area contributed by atoms with Crippen molar-refractivity contribution in [2.75, 3.05) is 24.7 Å². The quantitative estimate of drug-likeness (QED) is 0.516. The third-order valence-electron chi connectivity index (χ3n) is 5.55. The lowest BCUT2D eigenvalue weighted by atomic mass is 10.0. The minimum atomic E-state index is -1.07. The number of nitrogens with zero attached hydrogens (tertiary/aromatic N) is 1. The number of carboxylic acids is 1. The molecular formula is C25H30N2O5S. The highest BCUT2D eigenvalue weighted by molar-refractivity contribution is 7.99. The minimum absolute atomic E-state index is 0.247. The molecule has 0 saturated carbocycles. The lowest BCUT2D eigenvalue weighted by molar-refractivity contribution is -0.149. The van der Waals surface area contributed by atoms with Gasteiger partial charge in [-0.05, 0) is 30.9 Å². The van der Waals surface area contributed by atoms with Gasteiger partial charge in [-0.3, -0.25) is 19.7 Å². The molecule has 8 heteroatoms. The van der Waals surface area contributed by atoms with E-state index in [1.807, 2.05) is 60.7 Å². The zero-order valence-electron chi connectivity index (χ0n) is 18.7. The zero-order chi connectivity index (χ0) is 23.6. The number of hydrogen-bond acceptors (Lipinski definition) is 6. The van der Waals surface area contributed by atoms with Crippen molar-refractivity contribution in [3.8, 4) is 0 Å². The summed E-state index contributed by atoms with van der Waals surface area (Å²) in [5.41, 5.74) is 1.98. The first-order chi connectivity index (χ1) is 16.0. The third kappa shape index (κ3) is 7.07. The van der Waals surface area contributed by atoms with Crippen LogP contribution in [0.3, 0.4) is 0 Å². The predicted molar refractivity (Wildman–Crippen MR) is 128 cm³/mol. The highest BCUT2D eigenvalue weighted by Crippen LogP contribution is 2.29. The van der Waals surface area contributed by atoms with Crippen molar-refractivity contribution in [2.24, 2.45) is 0 Å². The van der Waals surface area contributed by atoms with E-state index in [-0.39, 0.29) is 18.6 Å². The van der Waals surface area contributed by atoms with Gasteiger partial charge in [-0.2, -0.15) is 11.8 Å². The molecule has 0 spiro atoms. The summed E-state index contributed by atoms with van der Waals surface area (Å²) < 4.78 is 5.26. The Morgan fingerprint density at radius 1 is 1.12 bits per heavy atom. The lowest BCUT2D eigenvalue weighted by Crippen LogP contribution is -2.54. The molecule has 176 valence electrons. The van der Waals surface area contributed by atoms with E-state index in [1.165, 1.54) is 4.90 Å². The number of aliphatic carboxylic acids is 1. The first-order valence-electron chi connectivity index (χ1n) is 11.1. The van der Waals surface area contributed by atoms with Crippen molar-refractivity contribution in [3.05, 3.63) is 71.8 Å². The molecule has 2 aromatic rings. The average molecular weight is 471 g/mol. The molecule has 33 heavy (non-hydrogen) atoms. The van der Waals surface area contributed by atoms with E-state index >= 15 is 0 Å². The Balaban J connectivity index is 1.79. The number of esters is 1. The number of carbonyl (C=O) groups is 3. The summed E-state index contributed by atoms with van der Waals surface area (Å²) in [4.78, 5) is 39.2. The van der Waals surface area contributed by atoms with Crippen molar-refractivity contribution < 1.29 is 24.2 Å². The summed E-state index contributed by atoms with van der Waals surface area (Å²) in [5, 5.41) is 12.7. The van der Waals surface area contributed by atoms with Crippen molar-refractivity contribution in [2.45, 2.75) is 37.9 Å². The van der Waals surface area contributed by atoms with Crippen LogP contribution < -0.4 is 5.32 Å². The maximum atomic E-state index is 13.5. The first-order valence-corrected chi connectivity index (χ1v) is 12.3. The molecule has 2 aromatic carbocycles. The SMILES string of the molecule is CCOC(=O)[C@@H](CCc1ccccc1)N[C@H]1CSC[C@@H](c2ccccc2)N(CC(=O)O)C1=O. The van der Waals surface area contributed by atoms with Crippen molar-refractivity contribution in [1.29, 1.82) is 0 Å². The Morgan fingerprint density at radius 3 is 2.42 bits per heavy atom. The molecule has 7 nitrogen and oxygen atoms in total. The number of benzene rings is 2. The second-order valence-corrected chi connectivity index (χ2v) is 8.95. The molecule has 1 aliphatic heterocycles. The van der Waals surface area contributed by atoms with Gasteiger partial charge in [-0.15, -0.1) is 0 Å². The highest BCUT2D eigenvalue weighted by atomic mass is 32.2. The van der Waals surface area contributed by atoms with E-state index in [0.29, 0.717) is 24.3 Å². The van der Waals surface area contributed by atoms with Gasteiger partial charge in [0, 0.05) is 11.5 Å². The van der Waals surface area contributed by atoms with Crippen LogP contribution in [0.1, 0.15) is 30.5 Å². The monoisotopic (exact) mass is 470 g/mol. The van der Waals surface area contributed by atoms with Gasteiger partial charge in [0.2, 0.25) is 5.91 Å². The van der Waals surface area contributed by atoms with Crippen LogP contribution in [0, 0.1) is 0 Å². The maximum Gasteiger partial charge on any atom is 0.323 e. The molecule has 3 atom stereocenters. The molecule has 0 aliphatic carbocycles. The van der Waals surface area contributed by atoms with Gasteiger partial charge in [0.15, 0.2) is 0 Å². The number of nitrogens with one attached hydrogen (secondary N) is 1. The Hall–Kier alpha value is -2.84. The molecule has 0 unspecified atom stereocenters. The van der Waals surface area contributed by atoms with Crippen LogP contribution in [0.5, 0.6) is 0 Å². The van der Waals surface area contributed by atoms with Crippen LogP contribution in [0.25, 0.3) is 0 Å². The summed E-state index contributed by atoms with van der Waals surface area (Å²) in [7, 11) is 0. The van der Waals surface area contributed by atoms with Crippen LogP contribution in [-0.2, 0) is 25.5 Å². The van der Waals surface area contributed by atoms with Crippen LogP contribution in [0.2, 0.25) is 0 Å². The molecule has 0 bridgehead atoms. The maximum absolute atomic E-state index is 13.5. The largest absolute Gasteiger partial charge is 0.480 e. The molecular weight excluding hydrogens is 440 g/mol. The smallest absolute Gasteiger partial charge is 0.323 e. The van der Waals surface area contributed by atoms with E-state index in [2.05, 4.69) is 5.32 Å². The fourth-order valence-corrected chi connectivity index (χ4v) is 5.13. The number of amides is 1. The normalized spacial score (nSPS) is 19.5. The van der Waals surface area contributed by atoms with E-state index in [0.717, 1.165) is 11.1 Å². The second-order valence-electron chi connectivity index (χ2n) is 7.87. The average Bonchev–Trinajstić information content (AvgIpc) is 2.96. The van der Waals surface area contributed by atoms with Gasteiger partial charge in [-0.1, -0.05) is 60.7 Å². The molecule has 0 radical (unpaired) electrons. The molecule has 0 aromatic heterocycles. The summed E-state index contributed by atoms with van der Waals surface area (Å²) >= 11 is 1.57. The summed E-state index contributed by atoms with van der Waals surface area (Å²) in [6, 6.07) is 17.6. The molecule has 1 aliphatic rings. The zero-order valence-corrected chi connectivity index (χ0v) is 19.5. The Bertz CT molecular complexity index is 925. The topological polar surface area (TPSA) is 95.9 Å². The number of thioether (sulfide) groups is 1. The van der Waals surface area contributed by atoms with Crippen molar-refractivity contribution in [3.63, 3.8) is 0 Å². The Kier molecular flexibility index (Phi) is 9.33. The van der Waals surface area contributed by atoms with Gasteiger partial charge in [0.1, 0.15) is 12.6 Å². The number of carboxylic acid groups (broad SMARTS) is 1. The molecule has 1 heterocycles.